The molecule has 9 heteroatoms. The summed E-state index contributed by atoms with van der Waals surface area (Å²) in [4.78, 5) is 6.04. The second kappa shape index (κ2) is 11.3. The van der Waals surface area contributed by atoms with Crippen LogP contribution in [0.15, 0.2) is 47.4 Å². The lowest BCUT2D eigenvalue weighted by molar-refractivity contribution is -0.0874. The van der Waals surface area contributed by atoms with E-state index >= 15 is 0 Å². The van der Waals surface area contributed by atoms with Gasteiger partial charge in [0.1, 0.15) is 10.6 Å². The molecule has 2 rings (SSSR count). The predicted octanol–water partition coefficient (Wildman–Crippen LogP) is 3.41. The smallest absolute Gasteiger partial charge is 0.241 e. The quantitative estimate of drug-likeness (QED) is 0.564. The van der Waals surface area contributed by atoms with E-state index in [2.05, 4.69) is 0 Å². The largest absolute Gasteiger partial charge is 0.495 e. The van der Waals surface area contributed by atoms with Crippen LogP contribution in [0, 0.1) is 0 Å². The van der Waals surface area contributed by atoms with Crippen LogP contribution in [0.1, 0.15) is 26.3 Å². The Hall–Kier alpha value is -2.00. The van der Waals surface area contributed by atoms with E-state index in [1.54, 1.807) is 12.1 Å². The van der Waals surface area contributed by atoms with Gasteiger partial charge in [-0.15, -0.1) is 17.5 Å². The van der Waals surface area contributed by atoms with Gasteiger partial charge >= 0.3 is 0 Å². The molecule has 0 bridgehead atoms. The summed E-state index contributed by atoms with van der Waals surface area (Å²) in [5.41, 5.74) is 0.817. The number of hydroxylamine groups is 2. The van der Waals surface area contributed by atoms with Gasteiger partial charge in [0.05, 0.1) is 13.7 Å². The second-order valence-corrected chi connectivity index (χ2v) is 7.82. The highest BCUT2D eigenvalue weighted by molar-refractivity contribution is 7.89. The van der Waals surface area contributed by atoms with Crippen LogP contribution in [0.5, 0.6) is 17.2 Å². The van der Waals surface area contributed by atoms with Gasteiger partial charge < -0.3 is 14.3 Å². The monoisotopic (exact) mass is 444 g/mol. The number of rotatable bonds is 10. The fourth-order valence-electron chi connectivity index (χ4n) is 2.91. The molecule has 0 radical (unpaired) electrons. The van der Waals surface area contributed by atoms with Crippen molar-refractivity contribution >= 4 is 22.4 Å². The normalized spacial score (nSPS) is 12.2. The Bertz CT molecular complexity index is 892. The van der Waals surface area contributed by atoms with Crippen molar-refractivity contribution in [3.05, 3.63) is 48.0 Å². The molecule has 0 aliphatic carbocycles. The molecule has 0 aromatic heterocycles. The van der Waals surface area contributed by atoms with Crippen LogP contribution in [-0.2, 0) is 16.4 Å². The molecule has 29 heavy (non-hydrogen) atoms. The van der Waals surface area contributed by atoms with E-state index in [4.69, 9.17) is 19.5 Å². The van der Waals surface area contributed by atoms with E-state index in [0.29, 0.717) is 31.1 Å². The Balaban J connectivity index is 0.00000420. The number of benzene rings is 2. The molecule has 2 aromatic rings. The molecule has 0 aliphatic heterocycles. The number of ether oxygens (including phenoxy) is 2. The maximum Gasteiger partial charge on any atom is 0.241 e. The number of sulfonamides is 1. The molecule has 0 saturated carbocycles. The van der Waals surface area contributed by atoms with Gasteiger partial charge in [0.15, 0.2) is 11.5 Å². The van der Waals surface area contributed by atoms with Crippen molar-refractivity contribution in [2.24, 2.45) is 5.14 Å². The van der Waals surface area contributed by atoms with E-state index in [-0.39, 0.29) is 29.1 Å². The number of hydrogen-bond acceptors (Lipinski definition) is 6. The minimum Gasteiger partial charge on any atom is -0.495 e. The van der Waals surface area contributed by atoms with Crippen molar-refractivity contribution in [2.45, 2.75) is 38.1 Å². The lowest BCUT2D eigenvalue weighted by atomic mass is 10.1. The first-order valence-electron chi connectivity index (χ1n) is 9.16. The summed E-state index contributed by atoms with van der Waals surface area (Å²) >= 11 is 0. The molecular formula is C20H29ClN2O5S. The number of nitrogens with zero attached hydrogens (tertiary/aromatic N) is 1. The zero-order chi connectivity index (χ0) is 20.7. The maximum atomic E-state index is 11.8. The van der Waals surface area contributed by atoms with E-state index < -0.39 is 10.0 Å². The van der Waals surface area contributed by atoms with Gasteiger partial charge in [-0.3, -0.25) is 0 Å². The number of methoxy groups -OCH3 is 1. The van der Waals surface area contributed by atoms with Crippen LogP contribution < -0.4 is 19.5 Å². The summed E-state index contributed by atoms with van der Waals surface area (Å²) < 4.78 is 34.4. The summed E-state index contributed by atoms with van der Waals surface area (Å²) in [5.74, 6) is 1.54. The Morgan fingerprint density at radius 2 is 1.72 bits per heavy atom. The molecule has 0 heterocycles. The molecule has 2 aromatic carbocycles. The summed E-state index contributed by atoms with van der Waals surface area (Å²) in [5, 5.41) is 7.14. The van der Waals surface area contributed by atoms with Crippen LogP contribution in [-0.4, -0.2) is 39.8 Å². The van der Waals surface area contributed by atoms with Gasteiger partial charge in [-0.05, 0) is 57.0 Å². The number of primary sulfonamides is 1. The van der Waals surface area contributed by atoms with Crippen LogP contribution in [0.3, 0.4) is 0 Å². The van der Waals surface area contributed by atoms with Crippen molar-refractivity contribution in [1.29, 1.82) is 0 Å². The lowest BCUT2D eigenvalue weighted by Gasteiger charge is -2.28. The number of likely N-dealkylation sites (N-methyl/N-ethyl adjacent to an activating group) is 1. The van der Waals surface area contributed by atoms with Crippen molar-refractivity contribution in [3.8, 4) is 17.2 Å². The Kier molecular flexibility index (Phi) is 9.72. The first kappa shape index (κ1) is 25.0. The number of hydrogen-bond donors (Lipinski definition) is 1. The van der Waals surface area contributed by atoms with Gasteiger partial charge in [-0.2, -0.15) is 0 Å². The molecule has 0 spiro atoms. The average Bonchev–Trinajstić information content (AvgIpc) is 2.66. The predicted molar refractivity (Wildman–Crippen MR) is 115 cm³/mol. The van der Waals surface area contributed by atoms with Crippen molar-refractivity contribution in [2.75, 3.05) is 20.3 Å². The Morgan fingerprint density at radius 1 is 1.07 bits per heavy atom. The Morgan fingerprint density at radius 3 is 2.28 bits per heavy atom. The molecule has 2 N–H and O–H groups in total. The molecule has 0 aliphatic rings. The van der Waals surface area contributed by atoms with E-state index in [1.165, 1.54) is 7.11 Å². The lowest BCUT2D eigenvalue weighted by Crippen LogP contribution is -2.37. The highest BCUT2D eigenvalue weighted by atomic mass is 35.5. The first-order chi connectivity index (χ1) is 13.3. The van der Waals surface area contributed by atoms with E-state index in [1.807, 2.05) is 56.2 Å². The fraction of sp³-hybridized carbons (Fsp3) is 0.400. The molecule has 0 amide bonds. The first-order valence-corrected chi connectivity index (χ1v) is 10.7. The highest BCUT2D eigenvalue weighted by Gasteiger charge is 2.20. The summed E-state index contributed by atoms with van der Waals surface area (Å²) in [6, 6.07) is 12.5. The van der Waals surface area contributed by atoms with Crippen LogP contribution in [0.2, 0.25) is 0 Å². The third kappa shape index (κ3) is 6.78. The second-order valence-electron chi connectivity index (χ2n) is 6.29. The van der Waals surface area contributed by atoms with Crippen LogP contribution in [0.4, 0.5) is 0 Å². The van der Waals surface area contributed by atoms with E-state index in [0.717, 1.165) is 5.56 Å². The van der Waals surface area contributed by atoms with Crippen molar-refractivity contribution in [3.63, 3.8) is 0 Å². The third-order valence-electron chi connectivity index (χ3n) is 4.23. The number of halogens is 1. The SMILES string of the molecule is CCOc1ccccc1ON(CC)C(C)Cc1ccc(OC)c(S(N)(=O)=O)c1.Cl. The zero-order valence-corrected chi connectivity index (χ0v) is 18.8. The molecule has 1 unspecified atom stereocenters. The van der Waals surface area contributed by atoms with Crippen LogP contribution >= 0.6 is 12.4 Å². The average molecular weight is 445 g/mol. The minimum atomic E-state index is -3.88. The molecule has 7 nitrogen and oxygen atoms in total. The Labute approximate surface area is 179 Å². The van der Waals surface area contributed by atoms with Crippen LogP contribution in [0.25, 0.3) is 0 Å². The van der Waals surface area contributed by atoms with Crippen molar-refractivity contribution in [1.82, 2.24) is 5.06 Å². The minimum absolute atomic E-state index is 0. The molecule has 1 atom stereocenters. The van der Waals surface area contributed by atoms with Gasteiger partial charge in [0.2, 0.25) is 10.0 Å². The van der Waals surface area contributed by atoms with Crippen molar-refractivity contribution < 1.29 is 22.7 Å². The molecule has 0 fully saturated rings. The fourth-order valence-corrected chi connectivity index (χ4v) is 3.65. The van der Waals surface area contributed by atoms with Gasteiger partial charge in [0, 0.05) is 12.6 Å². The number of para-hydroxylation sites is 2. The van der Waals surface area contributed by atoms with E-state index in [9.17, 15) is 8.42 Å². The number of nitrogens with two attached hydrogens (primary N) is 1. The third-order valence-corrected chi connectivity index (χ3v) is 5.17. The topological polar surface area (TPSA) is 91.1 Å². The summed E-state index contributed by atoms with van der Waals surface area (Å²) in [7, 11) is -2.47. The molecule has 0 saturated heterocycles. The maximum absolute atomic E-state index is 11.8. The van der Waals surface area contributed by atoms with Gasteiger partial charge in [-0.25, -0.2) is 13.6 Å². The standard InChI is InChI=1S/C20H28N2O5S.ClH/c1-5-22(27-18-10-8-7-9-17(18)26-6-2)15(3)13-16-11-12-19(25-4)20(14-16)28(21,23)24;/h7-12,14-15H,5-6,13H2,1-4H3,(H2,21,23,24);1H. The zero-order valence-electron chi connectivity index (χ0n) is 17.1. The van der Waals surface area contributed by atoms with Gasteiger partial charge in [0.25, 0.3) is 0 Å². The molecular weight excluding hydrogens is 416 g/mol. The highest BCUT2D eigenvalue weighted by Crippen LogP contribution is 2.29. The molecule has 162 valence electrons. The van der Waals surface area contributed by atoms with Gasteiger partial charge in [-0.1, -0.05) is 18.2 Å². The summed E-state index contributed by atoms with van der Waals surface area (Å²) in [6.45, 7) is 7.10. The summed E-state index contributed by atoms with van der Waals surface area (Å²) in [6.07, 6.45) is 0.567.